The van der Waals surface area contributed by atoms with E-state index in [1.165, 1.54) is 0 Å². The van der Waals surface area contributed by atoms with Crippen molar-refractivity contribution in [2.24, 2.45) is 11.8 Å². The number of amides is 1. The number of carbonyl (C=O) groups excluding carboxylic acids is 1. The number of hydrogen-bond donors (Lipinski definition) is 2. The van der Waals surface area contributed by atoms with Crippen LogP contribution >= 0.6 is 11.3 Å². The van der Waals surface area contributed by atoms with Crippen LogP contribution in [0, 0.1) is 11.8 Å². The molecule has 1 aromatic rings. The summed E-state index contributed by atoms with van der Waals surface area (Å²) in [6, 6.07) is -0.0281. The number of aliphatic carboxylic acids is 1. The molecule has 2 rings (SSSR count). The van der Waals surface area contributed by atoms with Gasteiger partial charge in [0.2, 0.25) is 5.91 Å². The minimum absolute atomic E-state index is 0.0281. The van der Waals surface area contributed by atoms with E-state index in [1.807, 2.05) is 12.3 Å². The average molecular weight is 296 g/mol. The molecule has 2 N–H and O–H groups in total. The third-order valence-electron chi connectivity index (χ3n) is 3.92. The summed E-state index contributed by atoms with van der Waals surface area (Å²) in [5.74, 6) is -1.03. The van der Waals surface area contributed by atoms with Gasteiger partial charge in [-0.25, -0.2) is 4.98 Å². The maximum absolute atomic E-state index is 12.3. The van der Waals surface area contributed by atoms with E-state index in [0.29, 0.717) is 25.7 Å². The van der Waals surface area contributed by atoms with Gasteiger partial charge in [-0.05, 0) is 32.1 Å². The van der Waals surface area contributed by atoms with Gasteiger partial charge in [-0.3, -0.25) is 9.59 Å². The second kappa shape index (κ2) is 6.83. The summed E-state index contributed by atoms with van der Waals surface area (Å²) in [5, 5.41) is 14.8. The Bertz CT molecular complexity index is 453. The first-order valence-corrected chi connectivity index (χ1v) is 7.92. The predicted molar refractivity (Wildman–Crippen MR) is 76.4 cm³/mol. The summed E-state index contributed by atoms with van der Waals surface area (Å²) in [7, 11) is 0. The van der Waals surface area contributed by atoms with Crippen LogP contribution in [0.1, 0.15) is 50.1 Å². The molecule has 1 atom stereocenters. The fraction of sp³-hybridized carbons (Fsp3) is 0.643. The topological polar surface area (TPSA) is 79.3 Å². The Kier molecular flexibility index (Phi) is 5.11. The molecule has 1 amide bonds. The lowest BCUT2D eigenvalue weighted by Crippen LogP contribution is -2.36. The quantitative estimate of drug-likeness (QED) is 0.875. The van der Waals surface area contributed by atoms with E-state index in [2.05, 4.69) is 10.3 Å². The first-order chi connectivity index (χ1) is 9.61. The summed E-state index contributed by atoms with van der Waals surface area (Å²) < 4.78 is 0. The average Bonchev–Trinajstić information content (AvgIpc) is 2.98. The molecular formula is C14H20N2O3S. The molecule has 1 heterocycles. The molecule has 1 unspecified atom stereocenters. The highest BCUT2D eigenvalue weighted by molar-refractivity contribution is 7.09. The zero-order valence-electron chi connectivity index (χ0n) is 11.5. The smallest absolute Gasteiger partial charge is 0.306 e. The van der Waals surface area contributed by atoms with Gasteiger partial charge >= 0.3 is 5.97 Å². The largest absolute Gasteiger partial charge is 0.481 e. The van der Waals surface area contributed by atoms with E-state index in [-0.39, 0.29) is 23.8 Å². The molecule has 0 saturated heterocycles. The van der Waals surface area contributed by atoms with Gasteiger partial charge in [-0.1, -0.05) is 6.92 Å². The Morgan fingerprint density at radius 3 is 2.55 bits per heavy atom. The van der Waals surface area contributed by atoms with E-state index in [0.717, 1.165) is 11.4 Å². The molecule has 6 heteroatoms. The maximum atomic E-state index is 12.3. The van der Waals surface area contributed by atoms with Crippen LogP contribution in [-0.4, -0.2) is 22.0 Å². The summed E-state index contributed by atoms with van der Waals surface area (Å²) in [6.45, 7) is 2.02. The highest BCUT2D eigenvalue weighted by Crippen LogP contribution is 2.30. The van der Waals surface area contributed by atoms with E-state index in [1.54, 1.807) is 17.5 Å². The molecule has 1 aliphatic carbocycles. The van der Waals surface area contributed by atoms with Crippen molar-refractivity contribution in [3.8, 4) is 0 Å². The number of carbonyl (C=O) groups is 2. The second-order valence-corrected chi connectivity index (χ2v) is 6.15. The molecule has 1 saturated carbocycles. The molecule has 1 fully saturated rings. The first-order valence-electron chi connectivity index (χ1n) is 7.04. The van der Waals surface area contributed by atoms with Gasteiger partial charge in [0.1, 0.15) is 5.01 Å². The van der Waals surface area contributed by atoms with Crippen LogP contribution in [-0.2, 0) is 9.59 Å². The summed E-state index contributed by atoms with van der Waals surface area (Å²) in [4.78, 5) is 27.4. The van der Waals surface area contributed by atoms with Crippen molar-refractivity contribution in [1.82, 2.24) is 10.3 Å². The van der Waals surface area contributed by atoms with E-state index in [4.69, 9.17) is 5.11 Å². The third kappa shape index (κ3) is 3.56. The van der Waals surface area contributed by atoms with Crippen molar-refractivity contribution in [2.45, 2.75) is 45.1 Å². The van der Waals surface area contributed by atoms with Gasteiger partial charge in [0.15, 0.2) is 0 Å². The number of aromatic nitrogens is 1. The fourth-order valence-electron chi connectivity index (χ4n) is 2.64. The Labute approximate surface area is 122 Å². The van der Waals surface area contributed by atoms with Gasteiger partial charge in [0.05, 0.1) is 12.0 Å². The van der Waals surface area contributed by atoms with E-state index >= 15 is 0 Å². The van der Waals surface area contributed by atoms with Crippen LogP contribution in [0.25, 0.3) is 0 Å². The highest BCUT2D eigenvalue weighted by atomic mass is 32.1. The molecule has 0 spiro atoms. The van der Waals surface area contributed by atoms with Crippen LogP contribution < -0.4 is 5.32 Å². The third-order valence-corrected chi connectivity index (χ3v) is 4.81. The fourth-order valence-corrected chi connectivity index (χ4v) is 3.41. The van der Waals surface area contributed by atoms with Crippen LogP contribution in [0.4, 0.5) is 0 Å². The molecule has 0 bridgehead atoms. The number of rotatable bonds is 5. The predicted octanol–water partition coefficient (Wildman–Crippen LogP) is 2.60. The summed E-state index contributed by atoms with van der Waals surface area (Å²) >= 11 is 1.55. The molecule has 1 aliphatic rings. The zero-order chi connectivity index (χ0) is 14.5. The van der Waals surface area contributed by atoms with Gasteiger partial charge < -0.3 is 10.4 Å². The van der Waals surface area contributed by atoms with Crippen LogP contribution in [0.3, 0.4) is 0 Å². The molecule has 0 radical (unpaired) electrons. The van der Waals surface area contributed by atoms with Crippen molar-refractivity contribution in [2.75, 3.05) is 0 Å². The van der Waals surface area contributed by atoms with Crippen molar-refractivity contribution in [1.29, 1.82) is 0 Å². The lowest BCUT2D eigenvalue weighted by atomic mass is 9.81. The number of carboxylic acids is 1. The Hall–Kier alpha value is -1.43. The van der Waals surface area contributed by atoms with Gasteiger partial charge in [0, 0.05) is 17.5 Å². The number of hydrogen-bond acceptors (Lipinski definition) is 4. The second-order valence-electron chi connectivity index (χ2n) is 5.23. The molecule has 20 heavy (non-hydrogen) atoms. The monoisotopic (exact) mass is 296 g/mol. The lowest BCUT2D eigenvalue weighted by Gasteiger charge is -2.26. The van der Waals surface area contributed by atoms with Crippen LogP contribution in [0.15, 0.2) is 11.6 Å². The SMILES string of the molecule is CCC(NC(=O)C1CCC(C(=O)O)CC1)c1nccs1. The molecule has 110 valence electrons. The summed E-state index contributed by atoms with van der Waals surface area (Å²) in [6.07, 6.45) is 5.08. The van der Waals surface area contributed by atoms with E-state index < -0.39 is 5.97 Å². The molecule has 5 nitrogen and oxygen atoms in total. The molecule has 1 aromatic heterocycles. The van der Waals surface area contributed by atoms with Crippen molar-refractivity contribution < 1.29 is 14.7 Å². The normalized spacial score (nSPS) is 24.1. The molecule has 0 aromatic carbocycles. The highest BCUT2D eigenvalue weighted by Gasteiger charge is 2.30. The zero-order valence-corrected chi connectivity index (χ0v) is 12.4. The Morgan fingerprint density at radius 2 is 2.05 bits per heavy atom. The van der Waals surface area contributed by atoms with Crippen molar-refractivity contribution >= 4 is 23.2 Å². The number of nitrogens with one attached hydrogen (secondary N) is 1. The van der Waals surface area contributed by atoms with Gasteiger partial charge in [0.25, 0.3) is 0 Å². The minimum atomic E-state index is -0.738. The molecule has 0 aliphatic heterocycles. The summed E-state index contributed by atoms with van der Waals surface area (Å²) in [5.41, 5.74) is 0. The van der Waals surface area contributed by atoms with E-state index in [9.17, 15) is 9.59 Å². The molecular weight excluding hydrogens is 276 g/mol. The number of nitrogens with zero attached hydrogens (tertiary/aromatic N) is 1. The van der Waals surface area contributed by atoms with Crippen molar-refractivity contribution in [3.05, 3.63) is 16.6 Å². The van der Waals surface area contributed by atoms with Crippen molar-refractivity contribution in [3.63, 3.8) is 0 Å². The lowest BCUT2D eigenvalue weighted by molar-refractivity contribution is -0.144. The Morgan fingerprint density at radius 1 is 1.40 bits per heavy atom. The number of carboxylic acid groups (broad SMARTS) is 1. The maximum Gasteiger partial charge on any atom is 0.306 e. The Balaban J connectivity index is 1.87. The van der Waals surface area contributed by atoms with Gasteiger partial charge in [-0.15, -0.1) is 11.3 Å². The number of thiazole rings is 1. The first kappa shape index (κ1) is 15.0. The van der Waals surface area contributed by atoms with Gasteiger partial charge in [-0.2, -0.15) is 0 Å². The van der Waals surface area contributed by atoms with Crippen LogP contribution in [0.5, 0.6) is 0 Å². The van der Waals surface area contributed by atoms with Crippen LogP contribution in [0.2, 0.25) is 0 Å². The standard InChI is InChI=1S/C14H20N2O3S/c1-2-11(13-15-7-8-20-13)16-12(17)9-3-5-10(6-4-9)14(18)19/h7-11H,2-6H2,1H3,(H,16,17)(H,18,19). The minimum Gasteiger partial charge on any atom is -0.481 e.